The zero-order valence-corrected chi connectivity index (χ0v) is 17.8. The van der Waals surface area contributed by atoms with E-state index in [1.165, 1.54) is 33.5 Å². The van der Waals surface area contributed by atoms with E-state index >= 15 is 0 Å². The molecule has 3 amide bonds. The molecule has 0 radical (unpaired) electrons. The normalized spacial score (nSPS) is 21.7. The number of amides is 3. The summed E-state index contributed by atoms with van der Waals surface area (Å²) in [4.78, 5) is 57.7. The van der Waals surface area contributed by atoms with Crippen molar-refractivity contribution in [1.29, 1.82) is 0 Å². The first-order chi connectivity index (χ1) is 14.3. The number of fused-ring (bicyclic) bond motifs is 1. The predicted molar refractivity (Wildman–Crippen MR) is 109 cm³/mol. The fourth-order valence-corrected chi connectivity index (χ4v) is 4.73. The number of hydrogen-bond donors (Lipinski definition) is 3. The standard InChI is InChI=1S/C16H16ClN5O6S2/c1-7-4-30-15-11(14(25)22(15)12(7)16(26)27)20-10(24)3-19-28-13(21-9(23)2-17)8-5-29-6-18-8/h3,5-6,11,13,15H,2,4H2,1H3,(H,20,24)(H,21,23)(H,26,27)/t11-,13?,15+/m1/s1. The number of β-lactam (4-membered cyclic amide) rings is 1. The molecule has 3 N–H and O–H groups in total. The first kappa shape index (κ1) is 22.1. The van der Waals surface area contributed by atoms with Gasteiger partial charge in [0, 0.05) is 11.1 Å². The maximum Gasteiger partial charge on any atom is 0.352 e. The molecule has 30 heavy (non-hydrogen) atoms. The maximum absolute atomic E-state index is 12.3. The number of alkyl halides is 1. The van der Waals surface area contributed by atoms with Gasteiger partial charge in [0.25, 0.3) is 11.8 Å². The van der Waals surface area contributed by atoms with Crippen molar-refractivity contribution in [2.75, 3.05) is 11.6 Å². The Balaban J connectivity index is 1.58. The number of carboxylic acid groups (broad SMARTS) is 1. The fourth-order valence-electron chi connectivity index (χ4n) is 2.80. The maximum atomic E-state index is 12.3. The molecule has 2 aliphatic heterocycles. The molecule has 1 unspecified atom stereocenters. The molecule has 0 saturated carbocycles. The Labute approximate surface area is 183 Å². The van der Waals surface area contributed by atoms with Crippen molar-refractivity contribution in [3.8, 4) is 0 Å². The van der Waals surface area contributed by atoms with Crippen LogP contribution < -0.4 is 10.6 Å². The van der Waals surface area contributed by atoms with Gasteiger partial charge in [-0.1, -0.05) is 5.16 Å². The van der Waals surface area contributed by atoms with E-state index in [0.717, 1.165) is 6.21 Å². The quantitative estimate of drug-likeness (QED) is 0.160. The van der Waals surface area contributed by atoms with Crippen molar-refractivity contribution in [3.05, 3.63) is 27.9 Å². The molecule has 3 rings (SSSR count). The Kier molecular flexibility index (Phi) is 6.95. The smallest absolute Gasteiger partial charge is 0.352 e. The minimum absolute atomic E-state index is 0.0487. The molecule has 2 aliphatic rings. The average Bonchev–Trinajstić information content (AvgIpc) is 3.25. The molecule has 1 fully saturated rings. The van der Waals surface area contributed by atoms with Crippen LogP contribution >= 0.6 is 34.7 Å². The van der Waals surface area contributed by atoms with E-state index in [-0.39, 0.29) is 11.6 Å². The Morgan fingerprint density at radius 3 is 2.93 bits per heavy atom. The lowest BCUT2D eigenvalue weighted by atomic mass is 10.0. The van der Waals surface area contributed by atoms with Gasteiger partial charge in [-0.3, -0.25) is 19.3 Å². The third-order valence-electron chi connectivity index (χ3n) is 4.13. The molecule has 1 saturated heterocycles. The van der Waals surface area contributed by atoms with Gasteiger partial charge in [-0.15, -0.1) is 34.7 Å². The molecule has 1 aromatic rings. The highest BCUT2D eigenvalue weighted by molar-refractivity contribution is 8.00. The first-order valence-corrected chi connectivity index (χ1v) is 11.0. The summed E-state index contributed by atoms with van der Waals surface area (Å²) in [5, 5.41) is 18.9. The number of halogens is 1. The summed E-state index contributed by atoms with van der Waals surface area (Å²) in [6.45, 7) is 1.65. The number of thioether (sulfide) groups is 1. The molecule has 14 heteroatoms. The molecule has 160 valence electrons. The topological polar surface area (TPSA) is 150 Å². The number of carbonyl (C=O) groups is 4. The molecule has 1 aromatic heterocycles. The van der Waals surface area contributed by atoms with E-state index in [1.807, 2.05) is 0 Å². The van der Waals surface area contributed by atoms with Gasteiger partial charge in [-0.05, 0) is 12.5 Å². The van der Waals surface area contributed by atoms with Crippen LogP contribution in [0.2, 0.25) is 0 Å². The number of nitrogens with zero attached hydrogens (tertiary/aromatic N) is 3. The van der Waals surface area contributed by atoms with Gasteiger partial charge in [0.2, 0.25) is 12.1 Å². The molecule has 0 bridgehead atoms. The summed E-state index contributed by atoms with van der Waals surface area (Å²) in [5.74, 6) is -2.77. The second-order valence-electron chi connectivity index (χ2n) is 6.16. The Bertz CT molecular complexity index is 921. The number of oxime groups is 1. The van der Waals surface area contributed by atoms with E-state index in [2.05, 4.69) is 20.8 Å². The number of hydrogen-bond acceptors (Lipinski definition) is 9. The van der Waals surface area contributed by atoms with Gasteiger partial charge in [-0.25, -0.2) is 9.78 Å². The number of carboxylic acids is 1. The van der Waals surface area contributed by atoms with Crippen LogP contribution in [0.25, 0.3) is 0 Å². The number of aromatic nitrogens is 1. The zero-order valence-electron chi connectivity index (χ0n) is 15.4. The van der Waals surface area contributed by atoms with Crippen LogP contribution in [0.4, 0.5) is 0 Å². The van der Waals surface area contributed by atoms with E-state index < -0.39 is 41.3 Å². The molecule has 3 atom stereocenters. The third-order valence-corrected chi connectivity index (χ3v) is 6.40. The second-order valence-corrected chi connectivity index (χ2v) is 8.26. The van der Waals surface area contributed by atoms with E-state index in [1.54, 1.807) is 12.3 Å². The van der Waals surface area contributed by atoms with E-state index in [9.17, 15) is 24.3 Å². The monoisotopic (exact) mass is 473 g/mol. The summed E-state index contributed by atoms with van der Waals surface area (Å²) < 4.78 is 0. The molecule has 11 nitrogen and oxygen atoms in total. The number of nitrogens with one attached hydrogen (secondary N) is 2. The lowest BCUT2D eigenvalue weighted by Crippen LogP contribution is -2.70. The summed E-state index contributed by atoms with van der Waals surface area (Å²) in [6, 6.07) is -0.873. The minimum atomic E-state index is -1.18. The Hall–Kier alpha value is -2.64. The van der Waals surface area contributed by atoms with Gasteiger partial charge in [0.15, 0.2) is 0 Å². The molecule has 3 heterocycles. The van der Waals surface area contributed by atoms with E-state index in [0.29, 0.717) is 17.0 Å². The van der Waals surface area contributed by atoms with Gasteiger partial charge in [0.1, 0.15) is 34.9 Å². The van der Waals surface area contributed by atoms with Crippen LogP contribution in [-0.4, -0.2) is 67.9 Å². The van der Waals surface area contributed by atoms with Gasteiger partial charge >= 0.3 is 5.97 Å². The van der Waals surface area contributed by atoms with E-state index in [4.69, 9.17) is 16.4 Å². The van der Waals surface area contributed by atoms with Crippen LogP contribution in [-0.2, 0) is 24.0 Å². The summed E-state index contributed by atoms with van der Waals surface area (Å²) in [5.41, 5.74) is 2.45. The van der Waals surface area contributed by atoms with Crippen LogP contribution in [0.15, 0.2) is 27.3 Å². The van der Waals surface area contributed by atoms with Gasteiger partial charge in [0.05, 0.1) is 5.51 Å². The van der Waals surface area contributed by atoms with Gasteiger partial charge < -0.3 is 20.6 Å². The molecule has 0 spiro atoms. The van der Waals surface area contributed by atoms with Crippen molar-refractivity contribution in [2.45, 2.75) is 24.6 Å². The summed E-state index contributed by atoms with van der Waals surface area (Å²) >= 11 is 8.10. The number of thiazole rings is 1. The summed E-state index contributed by atoms with van der Waals surface area (Å²) in [6.07, 6.45) is -0.220. The zero-order chi connectivity index (χ0) is 21.8. The minimum Gasteiger partial charge on any atom is -0.477 e. The lowest BCUT2D eigenvalue weighted by molar-refractivity contribution is -0.150. The summed E-state index contributed by atoms with van der Waals surface area (Å²) in [7, 11) is 0. The fraction of sp³-hybridized carbons (Fsp3) is 0.375. The highest BCUT2D eigenvalue weighted by Crippen LogP contribution is 2.39. The Morgan fingerprint density at radius 1 is 1.53 bits per heavy atom. The molecule has 0 aromatic carbocycles. The average molecular weight is 474 g/mol. The second kappa shape index (κ2) is 9.45. The number of carbonyl (C=O) groups excluding carboxylic acids is 3. The SMILES string of the molecule is CC1=C(C(=O)O)N2C(=O)[C@@H](NC(=O)C=NOC(NC(=O)CCl)c3cscn3)[C@@H]2SC1. The highest BCUT2D eigenvalue weighted by Gasteiger charge is 2.53. The Morgan fingerprint density at radius 2 is 2.30 bits per heavy atom. The van der Waals surface area contributed by atoms with Crippen LogP contribution in [0.3, 0.4) is 0 Å². The molecular weight excluding hydrogens is 458 g/mol. The van der Waals surface area contributed by atoms with Crippen LogP contribution in [0, 0.1) is 0 Å². The molecular formula is C16H16ClN5O6S2. The van der Waals surface area contributed by atoms with Crippen molar-refractivity contribution >= 4 is 64.6 Å². The van der Waals surface area contributed by atoms with Crippen molar-refractivity contribution in [3.63, 3.8) is 0 Å². The van der Waals surface area contributed by atoms with Crippen molar-refractivity contribution in [2.24, 2.45) is 5.16 Å². The predicted octanol–water partition coefficient (Wildman–Crippen LogP) is 0.258. The largest absolute Gasteiger partial charge is 0.477 e. The highest BCUT2D eigenvalue weighted by atomic mass is 35.5. The first-order valence-electron chi connectivity index (χ1n) is 8.44. The molecule has 0 aliphatic carbocycles. The van der Waals surface area contributed by atoms with Crippen LogP contribution in [0.5, 0.6) is 0 Å². The number of rotatable bonds is 8. The van der Waals surface area contributed by atoms with Crippen LogP contribution in [0.1, 0.15) is 18.8 Å². The third kappa shape index (κ3) is 4.57. The van der Waals surface area contributed by atoms with Crippen molar-refractivity contribution in [1.82, 2.24) is 20.5 Å². The number of aliphatic carboxylic acids is 1. The van der Waals surface area contributed by atoms with Gasteiger partial charge in [-0.2, -0.15) is 0 Å². The van der Waals surface area contributed by atoms with Crippen molar-refractivity contribution < 1.29 is 29.1 Å². The lowest BCUT2D eigenvalue weighted by Gasteiger charge is -2.49.